The minimum absolute atomic E-state index is 0.0689. The molecular weight excluding hydrogens is 248 g/mol. The molecule has 2 bridgehead atoms. The van der Waals surface area contributed by atoms with Crippen molar-refractivity contribution >= 4 is 11.6 Å². The molecule has 1 aromatic rings. The van der Waals surface area contributed by atoms with Gasteiger partial charge in [0.2, 0.25) is 5.91 Å². The summed E-state index contributed by atoms with van der Waals surface area (Å²) in [6, 6.07) is 9.70. The lowest BCUT2D eigenvalue weighted by Crippen LogP contribution is -2.43. The molecule has 0 aromatic heterocycles. The number of hydrogen-bond acceptors (Lipinski definition) is 2. The van der Waals surface area contributed by atoms with Crippen LogP contribution in [0.3, 0.4) is 0 Å². The van der Waals surface area contributed by atoms with Crippen molar-refractivity contribution < 1.29 is 4.79 Å². The second-order valence-electron chi connectivity index (χ2n) is 6.67. The number of fused-ring (bicyclic) bond motifs is 2. The Hall–Kier alpha value is -1.77. The summed E-state index contributed by atoms with van der Waals surface area (Å²) >= 11 is 0. The van der Waals surface area contributed by atoms with Gasteiger partial charge in [0.05, 0.1) is 11.1 Å². The van der Waals surface area contributed by atoms with Crippen LogP contribution in [-0.4, -0.2) is 5.91 Å². The minimum atomic E-state index is -0.365. The van der Waals surface area contributed by atoms with Gasteiger partial charge < -0.3 is 0 Å². The number of amides is 1. The van der Waals surface area contributed by atoms with E-state index < -0.39 is 0 Å². The Morgan fingerprint density at radius 2 is 2.00 bits per heavy atom. The van der Waals surface area contributed by atoms with E-state index in [0.29, 0.717) is 5.92 Å². The van der Waals surface area contributed by atoms with Crippen molar-refractivity contribution in [2.24, 2.45) is 16.7 Å². The first-order valence-corrected chi connectivity index (χ1v) is 7.28. The van der Waals surface area contributed by atoms with E-state index in [9.17, 15) is 4.79 Å². The maximum Gasteiger partial charge on any atom is 0.248 e. The number of rotatable bonds is 3. The van der Waals surface area contributed by atoms with E-state index >= 15 is 0 Å². The molecular formula is C17H22N2O. The minimum Gasteiger partial charge on any atom is -0.299 e. The maximum atomic E-state index is 12.7. The van der Waals surface area contributed by atoms with Crippen LogP contribution in [0, 0.1) is 16.7 Å². The topological polar surface area (TPSA) is 41.1 Å². The Morgan fingerprint density at radius 3 is 2.60 bits per heavy atom. The normalized spacial score (nSPS) is 30.3. The van der Waals surface area contributed by atoms with E-state index in [-0.39, 0.29) is 16.7 Å². The van der Waals surface area contributed by atoms with Crippen molar-refractivity contribution in [1.29, 1.82) is 0 Å². The van der Waals surface area contributed by atoms with Crippen molar-refractivity contribution in [1.82, 2.24) is 5.43 Å². The van der Waals surface area contributed by atoms with Crippen LogP contribution in [0.25, 0.3) is 0 Å². The number of anilines is 1. The third-order valence-corrected chi connectivity index (χ3v) is 5.42. The van der Waals surface area contributed by atoms with E-state index in [4.69, 9.17) is 0 Å². The first-order valence-electron chi connectivity index (χ1n) is 7.28. The van der Waals surface area contributed by atoms with Gasteiger partial charge in [-0.05, 0) is 42.7 Å². The van der Waals surface area contributed by atoms with Gasteiger partial charge in [0, 0.05) is 0 Å². The van der Waals surface area contributed by atoms with Crippen LogP contribution in [0.4, 0.5) is 5.69 Å². The Labute approximate surface area is 120 Å². The van der Waals surface area contributed by atoms with Gasteiger partial charge in [-0.15, -0.1) is 0 Å². The molecule has 0 spiro atoms. The fourth-order valence-corrected chi connectivity index (χ4v) is 3.91. The van der Waals surface area contributed by atoms with Gasteiger partial charge in [-0.3, -0.25) is 15.6 Å². The van der Waals surface area contributed by atoms with Crippen molar-refractivity contribution in [3.63, 3.8) is 0 Å². The fourth-order valence-electron chi connectivity index (χ4n) is 3.91. The van der Waals surface area contributed by atoms with Crippen LogP contribution in [-0.2, 0) is 4.79 Å². The highest BCUT2D eigenvalue weighted by Gasteiger charge is 2.60. The van der Waals surface area contributed by atoms with Crippen molar-refractivity contribution in [2.45, 2.75) is 33.1 Å². The summed E-state index contributed by atoms with van der Waals surface area (Å²) in [5, 5.41) is 0. The zero-order chi connectivity index (χ0) is 14.4. The largest absolute Gasteiger partial charge is 0.299 e. The molecule has 0 radical (unpaired) electrons. The standard InChI is InChI=1S/C17H22N2O/c1-12-16(2,3)13-9-10-17(12,11-13)15(20)19-18-14-7-5-4-6-8-14/h4-8,13,18H,1,9-11H2,2-3H3,(H,19,20)/t13-,17+/m0/s1. The van der Waals surface area contributed by atoms with Gasteiger partial charge in [-0.25, -0.2) is 0 Å². The average Bonchev–Trinajstić information content (AvgIpc) is 2.98. The van der Waals surface area contributed by atoms with Gasteiger partial charge in [0.1, 0.15) is 0 Å². The SMILES string of the molecule is C=C1C(C)(C)[C@H]2CC[C@@]1(C(=O)NNc1ccccc1)C2. The van der Waals surface area contributed by atoms with E-state index in [1.54, 1.807) is 0 Å². The van der Waals surface area contributed by atoms with Gasteiger partial charge in [-0.2, -0.15) is 0 Å². The van der Waals surface area contributed by atoms with E-state index in [1.807, 2.05) is 30.3 Å². The van der Waals surface area contributed by atoms with Crippen molar-refractivity contribution in [3.8, 4) is 0 Å². The monoisotopic (exact) mass is 270 g/mol. The molecule has 1 amide bonds. The number of para-hydroxylation sites is 1. The Bertz CT molecular complexity index is 549. The summed E-state index contributed by atoms with van der Waals surface area (Å²) in [6.45, 7) is 8.69. The lowest BCUT2D eigenvalue weighted by Gasteiger charge is -2.37. The molecule has 2 fully saturated rings. The van der Waals surface area contributed by atoms with Crippen LogP contribution in [0.2, 0.25) is 0 Å². The molecule has 2 saturated carbocycles. The summed E-state index contributed by atoms with van der Waals surface area (Å²) in [5.74, 6) is 0.664. The third kappa shape index (κ3) is 1.76. The molecule has 3 heteroatoms. The zero-order valence-corrected chi connectivity index (χ0v) is 12.2. The molecule has 2 aliphatic rings. The average molecular weight is 270 g/mol. The summed E-state index contributed by atoms with van der Waals surface area (Å²) in [4.78, 5) is 12.7. The lowest BCUT2D eigenvalue weighted by molar-refractivity contribution is -0.128. The predicted octanol–water partition coefficient (Wildman–Crippen LogP) is 3.51. The van der Waals surface area contributed by atoms with Gasteiger partial charge in [0.15, 0.2) is 0 Å². The highest BCUT2D eigenvalue weighted by atomic mass is 16.2. The molecule has 0 aliphatic heterocycles. The number of benzene rings is 1. The third-order valence-electron chi connectivity index (χ3n) is 5.42. The van der Waals surface area contributed by atoms with Gasteiger partial charge >= 0.3 is 0 Å². The summed E-state index contributed by atoms with van der Waals surface area (Å²) < 4.78 is 0. The van der Waals surface area contributed by atoms with Crippen LogP contribution in [0.1, 0.15) is 33.1 Å². The summed E-state index contributed by atoms with van der Waals surface area (Å²) in [7, 11) is 0. The Kier molecular flexibility index (Phi) is 2.89. The second-order valence-corrected chi connectivity index (χ2v) is 6.67. The number of nitrogens with one attached hydrogen (secondary N) is 2. The molecule has 106 valence electrons. The van der Waals surface area contributed by atoms with E-state index in [1.165, 1.54) is 0 Å². The second kappa shape index (κ2) is 4.37. The molecule has 0 unspecified atom stereocenters. The molecule has 2 aliphatic carbocycles. The van der Waals surface area contributed by atoms with E-state index in [2.05, 4.69) is 31.3 Å². The van der Waals surface area contributed by atoms with Crippen molar-refractivity contribution in [2.75, 3.05) is 5.43 Å². The highest BCUT2D eigenvalue weighted by molar-refractivity contribution is 5.88. The summed E-state index contributed by atoms with van der Waals surface area (Å²) in [5.41, 5.74) is 7.61. The number of carbonyl (C=O) groups is 1. The zero-order valence-electron chi connectivity index (χ0n) is 12.2. The quantitative estimate of drug-likeness (QED) is 0.652. The predicted molar refractivity (Wildman–Crippen MR) is 80.9 cm³/mol. The number of hydrogen-bond donors (Lipinski definition) is 2. The molecule has 3 rings (SSSR count). The summed E-state index contributed by atoms with van der Waals surface area (Å²) in [6.07, 6.45) is 3.01. The first kappa shape index (κ1) is 13.2. The molecule has 3 nitrogen and oxygen atoms in total. The molecule has 20 heavy (non-hydrogen) atoms. The molecule has 2 N–H and O–H groups in total. The fraction of sp³-hybridized carbons (Fsp3) is 0.471. The first-order chi connectivity index (χ1) is 9.47. The van der Waals surface area contributed by atoms with Crippen LogP contribution in [0.5, 0.6) is 0 Å². The lowest BCUT2D eigenvalue weighted by atomic mass is 9.68. The number of hydrazine groups is 1. The van der Waals surface area contributed by atoms with Crippen LogP contribution in [0.15, 0.2) is 42.5 Å². The molecule has 0 saturated heterocycles. The van der Waals surface area contributed by atoms with Gasteiger partial charge in [0.25, 0.3) is 0 Å². The van der Waals surface area contributed by atoms with Crippen LogP contribution >= 0.6 is 0 Å². The molecule has 0 heterocycles. The Balaban J connectivity index is 1.73. The maximum absolute atomic E-state index is 12.7. The van der Waals surface area contributed by atoms with Crippen molar-refractivity contribution in [3.05, 3.63) is 42.5 Å². The highest BCUT2D eigenvalue weighted by Crippen LogP contribution is 2.65. The smallest absolute Gasteiger partial charge is 0.248 e. The van der Waals surface area contributed by atoms with Gasteiger partial charge in [-0.1, -0.05) is 44.2 Å². The molecule has 2 atom stereocenters. The Morgan fingerprint density at radius 1 is 1.30 bits per heavy atom. The van der Waals surface area contributed by atoms with E-state index in [0.717, 1.165) is 30.5 Å². The van der Waals surface area contributed by atoms with Crippen LogP contribution < -0.4 is 10.9 Å². The number of carbonyl (C=O) groups excluding carboxylic acids is 1. The molecule has 1 aromatic carbocycles.